The number of nitrogens with one attached hydrogen (secondary N) is 1. The second kappa shape index (κ2) is 8.61. The van der Waals surface area contributed by atoms with Crippen LogP contribution in [0.15, 0.2) is 48.5 Å². The summed E-state index contributed by atoms with van der Waals surface area (Å²) in [5.41, 5.74) is 2.73. The summed E-state index contributed by atoms with van der Waals surface area (Å²) in [4.78, 5) is 14.6. The van der Waals surface area contributed by atoms with Gasteiger partial charge in [-0.05, 0) is 74.2 Å². The lowest BCUT2D eigenvalue weighted by Gasteiger charge is -2.35. The Kier molecular flexibility index (Phi) is 6.23. The van der Waals surface area contributed by atoms with Crippen LogP contribution >= 0.6 is 23.2 Å². The van der Waals surface area contributed by atoms with E-state index >= 15 is 0 Å². The molecule has 0 radical (unpaired) electrons. The maximum absolute atomic E-state index is 12.1. The Balaban J connectivity index is 1.61. The third-order valence-corrected chi connectivity index (χ3v) is 5.21. The van der Waals surface area contributed by atoms with E-state index < -0.39 is 0 Å². The minimum absolute atomic E-state index is 0.199. The number of hydrogen-bond donors (Lipinski definition) is 1. The number of nitrogens with zero attached hydrogens (tertiary/aromatic N) is 1. The third-order valence-electron chi connectivity index (χ3n) is 4.65. The van der Waals surface area contributed by atoms with Crippen LogP contribution in [0.4, 0.5) is 11.4 Å². The first-order chi connectivity index (χ1) is 12.5. The molecule has 3 rings (SSSR count). The van der Waals surface area contributed by atoms with Gasteiger partial charge in [-0.15, -0.1) is 0 Å². The van der Waals surface area contributed by atoms with Gasteiger partial charge in [-0.2, -0.15) is 0 Å². The topological polar surface area (TPSA) is 32.3 Å². The molecule has 0 bridgehead atoms. The van der Waals surface area contributed by atoms with Gasteiger partial charge in [0.05, 0.1) is 0 Å². The van der Waals surface area contributed by atoms with Crippen molar-refractivity contribution in [1.29, 1.82) is 0 Å². The summed E-state index contributed by atoms with van der Waals surface area (Å²) in [7, 11) is 0. The first-order valence-electron chi connectivity index (χ1n) is 8.84. The van der Waals surface area contributed by atoms with Crippen LogP contribution in [0.3, 0.4) is 0 Å². The average molecular weight is 389 g/mol. The van der Waals surface area contributed by atoms with Crippen molar-refractivity contribution in [2.24, 2.45) is 0 Å². The van der Waals surface area contributed by atoms with Crippen LogP contribution in [0, 0.1) is 0 Å². The SMILES string of the molecule is C[C@H]1CCCCN1c1ccc(NC(=O)/C=C/c2ccc(Cl)cc2Cl)cc1. The van der Waals surface area contributed by atoms with Gasteiger partial charge in [0.2, 0.25) is 5.91 Å². The standard InChI is InChI=1S/C21H22Cl2N2O/c1-15-4-2-3-13-25(15)19-10-8-18(9-11-19)24-21(26)12-6-16-5-7-17(22)14-20(16)23/h5-12,14-15H,2-4,13H2,1H3,(H,24,26)/b12-6+/t15-/m0/s1. The molecule has 0 saturated carbocycles. The molecule has 1 heterocycles. The number of piperidine rings is 1. The van der Waals surface area contributed by atoms with E-state index in [1.165, 1.54) is 31.0 Å². The molecule has 1 aliphatic rings. The minimum atomic E-state index is -0.199. The molecule has 5 heteroatoms. The lowest BCUT2D eigenvalue weighted by Crippen LogP contribution is -2.37. The summed E-state index contributed by atoms with van der Waals surface area (Å²) in [5, 5.41) is 3.96. The zero-order valence-corrected chi connectivity index (χ0v) is 16.2. The van der Waals surface area contributed by atoms with Gasteiger partial charge < -0.3 is 10.2 Å². The molecule has 1 N–H and O–H groups in total. The summed E-state index contributed by atoms with van der Waals surface area (Å²) in [6.45, 7) is 3.36. The fraction of sp³-hybridized carbons (Fsp3) is 0.286. The molecule has 1 atom stereocenters. The van der Waals surface area contributed by atoms with E-state index in [0.29, 0.717) is 16.1 Å². The minimum Gasteiger partial charge on any atom is -0.369 e. The summed E-state index contributed by atoms with van der Waals surface area (Å²) in [6, 6.07) is 13.8. The molecule has 1 fully saturated rings. The lowest BCUT2D eigenvalue weighted by molar-refractivity contribution is -0.111. The number of anilines is 2. The molecule has 0 unspecified atom stereocenters. The van der Waals surface area contributed by atoms with Crippen LogP contribution in [0.1, 0.15) is 31.7 Å². The van der Waals surface area contributed by atoms with Gasteiger partial charge in [0.25, 0.3) is 0 Å². The fourth-order valence-electron chi connectivity index (χ4n) is 3.20. The quantitative estimate of drug-likeness (QED) is 0.648. The predicted molar refractivity (Wildman–Crippen MR) is 111 cm³/mol. The van der Waals surface area contributed by atoms with Crippen LogP contribution in [0.25, 0.3) is 6.08 Å². The van der Waals surface area contributed by atoms with E-state index in [0.717, 1.165) is 17.8 Å². The number of hydrogen-bond acceptors (Lipinski definition) is 2. The number of carbonyl (C=O) groups is 1. The highest BCUT2D eigenvalue weighted by Crippen LogP contribution is 2.26. The Labute approximate surface area is 164 Å². The molecular weight excluding hydrogens is 367 g/mol. The number of rotatable bonds is 4. The molecule has 0 aliphatic carbocycles. The van der Waals surface area contributed by atoms with Gasteiger partial charge in [0.15, 0.2) is 0 Å². The Bertz CT molecular complexity index is 802. The zero-order valence-electron chi connectivity index (χ0n) is 14.7. The van der Waals surface area contributed by atoms with Gasteiger partial charge in [0.1, 0.15) is 0 Å². The summed E-state index contributed by atoms with van der Waals surface area (Å²) in [6.07, 6.45) is 6.92. The van der Waals surface area contributed by atoms with Crippen LogP contribution in [-0.4, -0.2) is 18.5 Å². The van der Waals surface area contributed by atoms with E-state index in [4.69, 9.17) is 23.2 Å². The molecule has 1 saturated heterocycles. The van der Waals surface area contributed by atoms with Gasteiger partial charge in [0, 0.05) is 40.1 Å². The van der Waals surface area contributed by atoms with Crippen LogP contribution in [0.5, 0.6) is 0 Å². The molecule has 136 valence electrons. The maximum Gasteiger partial charge on any atom is 0.248 e. The number of carbonyl (C=O) groups excluding carboxylic acids is 1. The Hall–Kier alpha value is -1.97. The largest absolute Gasteiger partial charge is 0.369 e. The number of benzene rings is 2. The van der Waals surface area contributed by atoms with E-state index in [9.17, 15) is 4.79 Å². The Morgan fingerprint density at radius 3 is 2.62 bits per heavy atom. The molecule has 1 aliphatic heterocycles. The van der Waals surface area contributed by atoms with E-state index in [-0.39, 0.29) is 5.91 Å². The van der Waals surface area contributed by atoms with Crippen molar-refractivity contribution >= 4 is 46.6 Å². The van der Waals surface area contributed by atoms with Gasteiger partial charge in [-0.1, -0.05) is 29.3 Å². The summed E-state index contributed by atoms with van der Waals surface area (Å²) in [5.74, 6) is -0.199. The predicted octanol–water partition coefficient (Wildman–Crippen LogP) is 6.02. The molecular formula is C21H22Cl2N2O. The van der Waals surface area contributed by atoms with Crippen molar-refractivity contribution in [3.05, 3.63) is 64.1 Å². The highest BCUT2D eigenvalue weighted by atomic mass is 35.5. The summed E-state index contributed by atoms with van der Waals surface area (Å²) < 4.78 is 0. The van der Waals surface area contributed by atoms with Crippen molar-refractivity contribution in [2.75, 3.05) is 16.8 Å². The lowest BCUT2D eigenvalue weighted by atomic mass is 10.0. The van der Waals surface area contributed by atoms with Gasteiger partial charge in [-0.25, -0.2) is 0 Å². The monoisotopic (exact) mass is 388 g/mol. The molecule has 0 spiro atoms. The number of amides is 1. The average Bonchev–Trinajstić information content (AvgIpc) is 2.62. The second-order valence-electron chi connectivity index (χ2n) is 6.57. The molecule has 2 aromatic rings. The first-order valence-corrected chi connectivity index (χ1v) is 9.59. The van der Waals surface area contributed by atoms with Gasteiger partial charge in [-0.3, -0.25) is 4.79 Å². The van der Waals surface area contributed by atoms with Crippen molar-refractivity contribution in [1.82, 2.24) is 0 Å². The molecule has 3 nitrogen and oxygen atoms in total. The maximum atomic E-state index is 12.1. The zero-order chi connectivity index (χ0) is 18.5. The smallest absolute Gasteiger partial charge is 0.248 e. The molecule has 0 aromatic heterocycles. The van der Waals surface area contributed by atoms with Crippen molar-refractivity contribution in [3.63, 3.8) is 0 Å². The normalized spacial score (nSPS) is 17.5. The molecule has 1 amide bonds. The van der Waals surface area contributed by atoms with Crippen molar-refractivity contribution < 1.29 is 4.79 Å². The van der Waals surface area contributed by atoms with Crippen LogP contribution in [-0.2, 0) is 4.79 Å². The Morgan fingerprint density at radius 2 is 1.92 bits per heavy atom. The Morgan fingerprint density at radius 1 is 1.15 bits per heavy atom. The first kappa shape index (κ1) is 18.8. The van der Waals surface area contributed by atoms with Crippen molar-refractivity contribution in [3.8, 4) is 0 Å². The third kappa shape index (κ3) is 4.80. The van der Waals surface area contributed by atoms with E-state index in [2.05, 4.69) is 29.3 Å². The number of halogens is 2. The highest BCUT2D eigenvalue weighted by molar-refractivity contribution is 6.35. The molecule has 26 heavy (non-hydrogen) atoms. The van der Waals surface area contributed by atoms with Gasteiger partial charge >= 0.3 is 0 Å². The van der Waals surface area contributed by atoms with E-state index in [1.807, 2.05) is 12.1 Å². The van der Waals surface area contributed by atoms with Crippen LogP contribution in [0.2, 0.25) is 10.0 Å². The van der Waals surface area contributed by atoms with Crippen molar-refractivity contribution in [2.45, 2.75) is 32.2 Å². The van der Waals surface area contributed by atoms with E-state index in [1.54, 1.807) is 24.3 Å². The highest BCUT2D eigenvalue weighted by Gasteiger charge is 2.18. The summed E-state index contributed by atoms with van der Waals surface area (Å²) >= 11 is 12.0. The van der Waals surface area contributed by atoms with Crippen LogP contribution < -0.4 is 10.2 Å². The fourth-order valence-corrected chi connectivity index (χ4v) is 3.68. The molecule has 2 aromatic carbocycles. The second-order valence-corrected chi connectivity index (χ2v) is 7.42.